The van der Waals surface area contributed by atoms with Crippen LogP contribution < -0.4 is 10.6 Å². The maximum absolute atomic E-state index is 12.7. The van der Waals surface area contributed by atoms with E-state index in [1.807, 2.05) is 6.92 Å². The number of hydrogen-bond acceptors (Lipinski definition) is 5. The van der Waals surface area contributed by atoms with Gasteiger partial charge in [0.1, 0.15) is 6.54 Å². The van der Waals surface area contributed by atoms with Gasteiger partial charge in [0.25, 0.3) is 11.8 Å². The van der Waals surface area contributed by atoms with Crippen molar-refractivity contribution in [2.45, 2.75) is 13.1 Å². The molecule has 6 nitrogen and oxygen atoms in total. The van der Waals surface area contributed by atoms with E-state index in [2.05, 4.69) is 15.4 Å². The predicted molar refractivity (Wildman–Crippen MR) is 97.4 cm³/mol. The number of alkyl halides is 3. The summed E-state index contributed by atoms with van der Waals surface area (Å²) in [7, 11) is 0. The second kappa shape index (κ2) is 9.07. The molecule has 0 unspecified atom stereocenters. The molecule has 1 aromatic heterocycles. The lowest BCUT2D eigenvalue weighted by Crippen LogP contribution is -2.31. The number of rotatable bonds is 6. The summed E-state index contributed by atoms with van der Waals surface area (Å²) in [6.45, 7) is 0.609. The topological polar surface area (TPSA) is 84.5 Å². The Balaban J connectivity index is 1.82. The number of nitrogens with one attached hydrogen (secondary N) is 2. The quantitative estimate of drug-likeness (QED) is 0.680. The van der Waals surface area contributed by atoms with Crippen LogP contribution in [0.25, 0.3) is 0 Å². The SMILES string of the molecule is Cc1ccc(C(=O)NCC(=O)OCC(=O)Nc2cc(C(F)(F)F)ccc2Cl)s1. The first kappa shape index (κ1) is 21.7. The van der Waals surface area contributed by atoms with Crippen LogP contribution in [0, 0.1) is 6.92 Å². The molecule has 2 aromatic rings. The summed E-state index contributed by atoms with van der Waals surface area (Å²) in [4.78, 5) is 36.5. The molecule has 11 heteroatoms. The molecule has 150 valence electrons. The van der Waals surface area contributed by atoms with E-state index in [1.165, 1.54) is 11.3 Å². The minimum absolute atomic E-state index is 0.105. The van der Waals surface area contributed by atoms with Crippen molar-refractivity contribution in [3.8, 4) is 0 Å². The van der Waals surface area contributed by atoms with Crippen LogP contribution in [0.2, 0.25) is 5.02 Å². The van der Waals surface area contributed by atoms with Crippen molar-refractivity contribution in [1.82, 2.24) is 5.32 Å². The zero-order valence-electron chi connectivity index (χ0n) is 14.4. The van der Waals surface area contributed by atoms with E-state index >= 15 is 0 Å². The van der Waals surface area contributed by atoms with Crippen molar-refractivity contribution in [3.63, 3.8) is 0 Å². The maximum atomic E-state index is 12.7. The first-order valence-electron chi connectivity index (χ1n) is 7.73. The Hall–Kier alpha value is -2.59. The fourth-order valence-corrected chi connectivity index (χ4v) is 2.93. The Labute approximate surface area is 166 Å². The van der Waals surface area contributed by atoms with E-state index in [0.717, 1.165) is 17.0 Å². The Bertz CT molecular complexity index is 899. The number of amides is 2. The number of carbonyl (C=O) groups excluding carboxylic acids is 3. The average molecular weight is 435 g/mol. The lowest BCUT2D eigenvalue weighted by Gasteiger charge is -2.12. The summed E-state index contributed by atoms with van der Waals surface area (Å²) in [5.41, 5.74) is -1.25. The number of ether oxygens (including phenoxy) is 1. The normalized spacial score (nSPS) is 11.0. The molecule has 0 atom stereocenters. The molecule has 0 aliphatic rings. The van der Waals surface area contributed by atoms with Crippen molar-refractivity contribution >= 4 is 46.4 Å². The molecule has 2 N–H and O–H groups in total. The molecule has 0 aliphatic carbocycles. The molecule has 0 bridgehead atoms. The van der Waals surface area contributed by atoms with Gasteiger partial charge in [0.15, 0.2) is 6.61 Å². The Morgan fingerprint density at radius 3 is 2.50 bits per heavy atom. The Kier molecular flexibility index (Phi) is 7.03. The second-order valence-corrected chi connectivity index (χ2v) is 7.19. The highest BCUT2D eigenvalue weighted by Crippen LogP contribution is 2.33. The molecule has 0 radical (unpaired) electrons. The largest absolute Gasteiger partial charge is 0.454 e. The van der Waals surface area contributed by atoms with Crippen LogP contribution in [-0.2, 0) is 20.5 Å². The molecule has 0 spiro atoms. The molecular formula is C17H14ClF3N2O4S. The first-order valence-corrected chi connectivity index (χ1v) is 8.92. The highest BCUT2D eigenvalue weighted by atomic mass is 35.5. The summed E-state index contributed by atoms with van der Waals surface area (Å²) in [6.07, 6.45) is -4.60. The number of carbonyl (C=O) groups is 3. The third-order valence-electron chi connectivity index (χ3n) is 3.29. The summed E-state index contributed by atoms with van der Waals surface area (Å²) >= 11 is 7.01. The van der Waals surface area contributed by atoms with Crippen molar-refractivity contribution in [3.05, 3.63) is 50.7 Å². The van der Waals surface area contributed by atoms with Crippen LogP contribution in [0.1, 0.15) is 20.1 Å². The number of halogens is 4. The van der Waals surface area contributed by atoms with Gasteiger partial charge in [0, 0.05) is 4.88 Å². The second-order valence-electron chi connectivity index (χ2n) is 5.49. The van der Waals surface area contributed by atoms with Crippen LogP contribution in [0.3, 0.4) is 0 Å². The van der Waals surface area contributed by atoms with E-state index in [9.17, 15) is 27.6 Å². The average Bonchev–Trinajstić information content (AvgIpc) is 3.05. The highest BCUT2D eigenvalue weighted by molar-refractivity contribution is 7.13. The maximum Gasteiger partial charge on any atom is 0.416 e. The summed E-state index contributed by atoms with van der Waals surface area (Å²) < 4.78 is 42.8. The molecular weight excluding hydrogens is 421 g/mol. The molecule has 28 heavy (non-hydrogen) atoms. The number of aryl methyl sites for hydroxylation is 1. The van der Waals surface area contributed by atoms with E-state index < -0.39 is 42.7 Å². The van der Waals surface area contributed by atoms with Gasteiger partial charge in [0.2, 0.25) is 0 Å². The van der Waals surface area contributed by atoms with Crippen LogP contribution in [-0.4, -0.2) is 30.9 Å². The summed E-state index contributed by atoms with van der Waals surface area (Å²) in [6, 6.07) is 5.79. The van der Waals surface area contributed by atoms with Gasteiger partial charge in [-0.05, 0) is 37.3 Å². The molecule has 2 amide bonds. The predicted octanol–water partition coefficient (Wildman–Crippen LogP) is 3.64. The summed E-state index contributed by atoms with van der Waals surface area (Å²) in [5, 5.41) is 4.37. The van der Waals surface area contributed by atoms with Gasteiger partial charge in [-0.1, -0.05) is 11.6 Å². The zero-order chi connectivity index (χ0) is 20.9. The number of hydrogen-bond donors (Lipinski definition) is 2. The molecule has 0 saturated carbocycles. The van der Waals surface area contributed by atoms with E-state index in [1.54, 1.807) is 12.1 Å². The number of esters is 1. The molecule has 0 saturated heterocycles. The van der Waals surface area contributed by atoms with E-state index in [0.29, 0.717) is 10.9 Å². The lowest BCUT2D eigenvalue weighted by molar-refractivity contribution is -0.146. The Morgan fingerprint density at radius 2 is 1.89 bits per heavy atom. The molecule has 1 aromatic carbocycles. The van der Waals surface area contributed by atoms with Gasteiger partial charge >= 0.3 is 12.1 Å². The minimum atomic E-state index is -4.60. The van der Waals surface area contributed by atoms with Crippen molar-refractivity contribution < 1.29 is 32.3 Å². The van der Waals surface area contributed by atoms with Crippen molar-refractivity contribution in [2.75, 3.05) is 18.5 Å². The minimum Gasteiger partial charge on any atom is -0.454 e. The monoisotopic (exact) mass is 434 g/mol. The van der Waals surface area contributed by atoms with Gasteiger partial charge in [-0.3, -0.25) is 14.4 Å². The molecule has 2 rings (SSSR count). The van der Waals surface area contributed by atoms with Gasteiger partial charge in [-0.25, -0.2) is 0 Å². The van der Waals surface area contributed by atoms with Crippen LogP contribution >= 0.6 is 22.9 Å². The fraction of sp³-hybridized carbons (Fsp3) is 0.235. The smallest absolute Gasteiger partial charge is 0.416 e. The van der Waals surface area contributed by atoms with Crippen molar-refractivity contribution in [2.24, 2.45) is 0 Å². The van der Waals surface area contributed by atoms with E-state index in [-0.39, 0.29) is 10.7 Å². The lowest BCUT2D eigenvalue weighted by atomic mass is 10.2. The van der Waals surface area contributed by atoms with Crippen LogP contribution in [0.15, 0.2) is 30.3 Å². The van der Waals surface area contributed by atoms with Crippen LogP contribution in [0.4, 0.5) is 18.9 Å². The zero-order valence-corrected chi connectivity index (χ0v) is 15.9. The fourth-order valence-electron chi connectivity index (χ4n) is 1.98. The summed E-state index contributed by atoms with van der Waals surface area (Å²) in [5.74, 6) is -2.23. The van der Waals surface area contributed by atoms with Gasteiger partial charge in [0.05, 0.1) is 21.2 Å². The van der Waals surface area contributed by atoms with Gasteiger partial charge < -0.3 is 15.4 Å². The van der Waals surface area contributed by atoms with Crippen molar-refractivity contribution in [1.29, 1.82) is 0 Å². The number of anilines is 1. The third kappa shape index (κ3) is 6.24. The molecule has 0 aliphatic heterocycles. The molecule has 0 fully saturated rings. The van der Waals surface area contributed by atoms with E-state index in [4.69, 9.17) is 11.6 Å². The Morgan fingerprint density at radius 1 is 1.18 bits per heavy atom. The number of thiophene rings is 1. The number of benzene rings is 1. The van der Waals surface area contributed by atoms with Gasteiger partial charge in [-0.15, -0.1) is 11.3 Å². The first-order chi connectivity index (χ1) is 13.1. The van der Waals surface area contributed by atoms with Crippen LogP contribution in [0.5, 0.6) is 0 Å². The standard InChI is InChI=1S/C17H14ClF3N2O4S/c1-9-2-5-13(28-9)16(26)22-7-15(25)27-8-14(24)23-12-6-10(17(19,20)21)3-4-11(12)18/h2-6H,7-8H2,1H3,(H,22,26)(H,23,24). The highest BCUT2D eigenvalue weighted by Gasteiger charge is 2.31. The third-order valence-corrected chi connectivity index (χ3v) is 4.62. The molecule has 1 heterocycles. The van der Waals surface area contributed by atoms with Gasteiger partial charge in [-0.2, -0.15) is 13.2 Å².